The number of terminal acetylenes is 1. The minimum absolute atomic E-state index is 0.0226. The molecule has 0 aromatic carbocycles. The first-order valence-corrected chi connectivity index (χ1v) is 6.42. The molecular formula is C13H23N3O. The van der Waals surface area contributed by atoms with Crippen molar-refractivity contribution in [3.8, 4) is 12.3 Å². The second kappa shape index (κ2) is 8.10. The van der Waals surface area contributed by atoms with Crippen molar-refractivity contribution < 1.29 is 4.79 Å². The molecule has 0 saturated carbocycles. The maximum absolute atomic E-state index is 11.6. The molecule has 1 fully saturated rings. The van der Waals surface area contributed by atoms with Gasteiger partial charge in [-0.3, -0.25) is 9.69 Å². The molecule has 0 aromatic rings. The van der Waals surface area contributed by atoms with Crippen LogP contribution in [0.1, 0.15) is 26.2 Å². The van der Waals surface area contributed by atoms with Crippen molar-refractivity contribution in [1.29, 1.82) is 0 Å². The van der Waals surface area contributed by atoms with Gasteiger partial charge >= 0.3 is 0 Å². The number of nitrogens with one attached hydrogen (secondary N) is 2. The first-order valence-electron chi connectivity index (χ1n) is 6.42. The predicted molar refractivity (Wildman–Crippen MR) is 69.6 cm³/mol. The molecule has 1 atom stereocenters. The summed E-state index contributed by atoms with van der Waals surface area (Å²) < 4.78 is 0. The molecule has 1 rings (SSSR count). The summed E-state index contributed by atoms with van der Waals surface area (Å²) in [5.41, 5.74) is 0. The van der Waals surface area contributed by atoms with Crippen LogP contribution in [-0.2, 0) is 4.79 Å². The molecule has 0 spiro atoms. The summed E-state index contributed by atoms with van der Waals surface area (Å²) in [5.74, 6) is 2.44. The molecule has 0 radical (unpaired) electrons. The molecule has 0 aliphatic carbocycles. The third-order valence-corrected chi connectivity index (χ3v) is 2.94. The second-order valence-corrected chi connectivity index (χ2v) is 4.51. The van der Waals surface area contributed by atoms with Crippen LogP contribution in [0.15, 0.2) is 0 Å². The summed E-state index contributed by atoms with van der Waals surface area (Å²) in [6.45, 7) is 5.93. The summed E-state index contributed by atoms with van der Waals surface area (Å²) in [7, 11) is 0. The number of hydrogen-bond acceptors (Lipinski definition) is 3. The van der Waals surface area contributed by atoms with Gasteiger partial charge in [0.1, 0.15) is 0 Å². The van der Waals surface area contributed by atoms with Crippen molar-refractivity contribution in [2.45, 2.75) is 32.2 Å². The van der Waals surface area contributed by atoms with Crippen molar-refractivity contribution in [2.75, 3.05) is 32.7 Å². The lowest BCUT2D eigenvalue weighted by molar-refractivity contribution is -0.122. The molecule has 4 nitrogen and oxygen atoms in total. The minimum atomic E-state index is 0.0226. The van der Waals surface area contributed by atoms with Crippen LogP contribution in [0.4, 0.5) is 0 Å². The van der Waals surface area contributed by atoms with Gasteiger partial charge in [0.15, 0.2) is 0 Å². The Bertz CT molecular complexity index is 266. The summed E-state index contributed by atoms with van der Waals surface area (Å²) in [6.07, 6.45) is 8.63. The van der Waals surface area contributed by atoms with Crippen molar-refractivity contribution in [2.24, 2.45) is 0 Å². The van der Waals surface area contributed by atoms with E-state index in [2.05, 4.69) is 28.4 Å². The van der Waals surface area contributed by atoms with Gasteiger partial charge in [-0.1, -0.05) is 12.8 Å². The largest absolute Gasteiger partial charge is 0.344 e. The highest BCUT2D eigenvalue weighted by Crippen LogP contribution is 2.07. The van der Waals surface area contributed by atoms with Crippen LogP contribution in [0, 0.1) is 12.3 Å². The molecule has 1 amide bonds. The fourth-order valence-corrected chi connectivity index (χ4v) is 2.18. The first-order chi connectivity index (χ1) is 8.26. The van der Waals surface area contributed by atoms with Crippen LogP contribution in [0.2, 0.25) is 0 Å². The lowest BCUT2D eigenvalue weighted by Crippen LogP contribution is -2.43. The monoisotopic (exact) mass is 237 g/mol. The van der Waals surface area contributed by atoms with Gasteiger partial charge in [0.05, 0.1) is 13.1 Å². The molecule has 17 heavy (non-hydrogen) atoms. The quantitative estimate of drug-likeness (QED) is 0.622. The zero-order chi connectivity index (χ0) is 12.5. The van der Waals surface area contributed by atoms with Gasteiger partial charge in [-0.05, 0) is 32.4 Å². The van der Waals surface area contributed by atoms with Crippen LogP contribution in [0.5, 0.6) is 0 Å². The molecule has 1 aliphatic rings. The van der Waals surface area contributed by atoms with Crippen molar-refractivity contribution >= 4 is 5.91 Å². The summed E-state index contributed by atoms with van der Waals surface area (Å²) in [6, 6.07) is 0.544. The summed E-state index contributed by atoms with van der Waals surface area (Å²) in [5, 5.41) is 6.17. The first kappa shape index (κ1) is 14.0. The molecule has 96 valence electrons. The molecule has 1 unspecified atom stereocenters. The van der Waals surface area contributed by atoms with E-state index < -0.39 is 0 Å². The van der Waals surface area contributed by atoms with E-state index in [1.54, 1.807) is 0 Å². The molecule has 1 heterocycles. The van der Waals surface area contributed by atoms with Crippen LogP contribution in [0.3, 0.4) is 0 Å². The van der Waals surface area contributed by atoms with E-state index in [9.17, 15) is 4.79 Å². The van der Waals surface area contributed by atoms with Gasteiger partial charge in [0.2, 0.25) is 5.91 Å². The van der Waals surface area contributed by atoms with Crippen LogP contribution in [0.25, 0.3) is 0 Å². The lowest BCUT2D eigenvalue weighted by Gasteiger charge is -2.24. The minimum Gasteiger partial charge on any atom is -0.344 e. The second-order valence-electron chi connectivity index (χ2n) is 4.51. The maximum Gasteiger partial charge on any atom is 0.234 e. The Morgan fingerprint density at radius 3 is 3.06 bits per heavy atom. The van der Waals surface area contributed by atoms with E-state index in [4.69, 9.17) is 6.42 Å². The number of carbonyl (C=O) groups excluding carboxylic acids is 1. The standard InChI is InChI=1S/C13H23N3O/c1-3-7-15-13(17)11-16(9-4-2)10-12-6-5-8-14-12/h1,12,14H,4-11H2,2H3,(H,15,17). The Morgan fingerprint density at radius 1 is 1.65 bits per heavy atom. The molecule has 1 saturated heterocycles. The highest BCUT2D eigenvalue weighted by atomic mass is 16.2. The van der Waals surface area contributed by atoms with Crippen molar-refractivity contribution in [1.82, 2.24) is 15.5 Å². The predicted octanol–water partition coefficient (Wildman–Crippen LogP) is 0.200. The number of hydrogen-bond donors (Lipinski definition) is 2. The van der Waals surface area contributed by atoms with Gasteiger partial charge in [-0.2, -0.15) is 0 Å². The van der Waals surface area contributed by atoms with E-state index in [0.29, 0.717) is 19.1 Å². The van der Waals surface area contributed by atoms with Gasteiger partial charge in [0.25, 0.3) is 0 Å². The fraction of sp³-hybridized carbons (Fsp3) is 0.769. The highest BCUT2D eigenvalue weighted by Gasteiger charge is 2.18. The van der Waals surface area contributed by atoms with Gasteiger partial charge in [0, 0.05) is 12.6 Å². The van der Waals surface area contributed by atoms with E-state index >= 15 is 0 Å². The molecule has 0 aromatic heterocycles. The summed E-state index contributed by atoms with van der Waals surface area (Å²) in [4.78, 5) is 13.8. The fourth-order valence-electron chi connectivity index (χ4n) is 2.18. The maximum atomic E-state index is 11.6. The normalized spacial score (nSPS) is 19.2. The van der Waals surface area contributed by atoms with Gasteiger partial charge in [-0.15, -0.1) is 6.42 Å². The third-order valence-electron chi connectivity index (χ3n) is 2.94. The smallest absolute Gasteiger partial charge is 0.234 e. The van der Waals surface area contributed by atoms with E-state index in [1.165, 1.54) is 12.8 Å². The molecule has 4 heteroatoms. The Morgan fingerprint density at radius 2 is 2.47 bits per heavy atom. The third kappa shape index (κ3) is 5.71. The van der Waals surface area contributed by atoms with Crippen LogP contribution < -0.4 is 10.6 Å². The van der Waals surface area contributed by atoms with Crippen molar-refractivity contribution in [3.05, 3.63) is 0 Å². The van der Waals surface area contributed by atoms with E-state index in [0.717, 1.165) is 26.1 Å². The van der Waals surface area contributed by atoms with Crippen LogP contribution >= 0.6 is 0 Å². The Balaban J connectivity index is 2.31. The van der Waals surface area contributed by atoms with E-state index in [1.807, 2.05) is 0 Å². The number of nitrogens with zero attached hydrogens (tertiary/aromatic N) is 1. The van der Waals surface area contributed by atoms with Gasteiger partial charge < -0.3 is 10.6 Å². The zero-order valence-corrected chi connectivity index (χ0v) is 10.7. The Labute approximate surface area is 104 Å². The summed E-state index contributed by atoms with van der Waals surface area (Å²) >= 11 is 0. The number of amides is 1. The van der Waals surface area contributed by atoms with Gasteiger partial charge in [-0.25, -0.2) is 0 Å². The van der Waals surface area contributed by atoms with E-state index in [-0.39, 0.29) is 5.91 Å². The molecule has 1 aliphatic heterocycles. The van der Waals surface area contributed by atoms with Crippen LogP contribution in [-0.4, -0.2) is 49.6 Å². The average Bonchev–Trinajstić information content (AvgIpc) is 2.79. The topological polar surface area (TPSA) is 44.4 Å². The number of rotatable bonds is 7. The SMILES string of the molecule is C#CCNC(=O)CN(CCC)CC1CCCN1. The lowest BCUT2D eigenvalue weighted by atomic mass is 10.2. The number of carbonyl (C=O) groups is 1. The molecular weight excluding hydrogens is 214 g/mol. The zero-order valence-electron chi connectivity index (χ0n) is 10.7. The molecule has 2 N–H and O–H groups in total. The van der Waals surface area contributed by atoms with Crippen molar-refractivity contribution in [3.63, 3.8) is 0 Å². The average molecular weight is 237 g/mol. The molecule has 0 bridgehead atoms. The highest BCUT2D eigenvalue weighted by molar-refractivity contribution is 5.78. The Kier molecular flexibility index (Phi) is 6.68. The Hall–Kier alpha value is -1.05.